The van der Waals surface area contributed by atoms with Gasteiger partial charge in [0.2, 0.25) is 5.88 Å². The number of hydrogen-bond donors (Lipinski definition) is 1. The van der Waals surface area contributed by atoms with Crippen LogP contribution in [-0.4, -0.2) is 23.1 Å². The summed E-state index contributed by atoms with van der Waals surface area (Å²) in [5, 5.41) is 3.21. The Morgan fingerprint density at radius 3 is 2.81 bits per heavy atom. The number of rotatable bonds is 6. The second kappa shape index (κ2) is 6.68. The Morgan fingerprint density at radius 2 is 2.19 bits per heavy atom. The molecule has 0 spiro atoms. The van der Waals surface area contributed by atoms with Crippen LogP contribution < -0.4 is 10.1 Å². The molecule has 0 aliphatic heterocycles. The third-order valence-corrected chi connectivity index (χ3v) is 2.57. The van der Waals surface area contributed by atoms with Crippen molar-refractivity contribution in [3.63, 3.8) is 0 Å². The van der Waals surface area contributed by atoms with E-state index in [1.165, 1.54) is 6.33 Å². The van der Waals surface area contributed by atoms with Gasteiger partial charge in [-0.15, -0.1) is 0 Å². The number of nitrogens with zero attached hydrogens (tertiary/aromatic N) is 2. The first-order valence-corrected chi connectivity index (χ1v) is 6.31. The third-order valence-electron chi connectivity index (χ3n) is 1.85. The first-order valence-electron chi connectivity index (χ1n) is 5.52. The maximum Gasteiger partial charge on any atom is 0.233 e. The van der Waals surface area contributed by atoms with Gasteiger partial charge in [0.05, 0.1) is 6.61 Å². The standard InChI is InChI=1S/C11H18BrN3O/c1-4-5-13-10-9(12)11(15-7-14-10)16-6-8(2)3/h7-8H,4-6H2,1-3H3,(H,13,14,15). The minimum atomic E-state index is 0.480. The van der Waals surface area contributed by atoms with Crippen molar-refractivity contribution < 1.29 is 4.74 Å². The van der Waals surface area contributed by atoms with Crippen molar-refractivity contribution in [3.05, 3.63) is 10.8 Å². The van der Waals surface area contributed by atoms with Gasteiger partial charge in [0.25, 0.3) is 0 Å². The van der Waals surface area contributed by atoms with Gasteiger partial charge < -0.3 is 10.1 Å². The maximum absolute atomic E-state index is 5.58. The molecule has 0 radical (unpaired) electrons. The van der Waals surface area contributed by atoms with E-state index in [9.17, 15) is 0 Å². The quantitative estimate of drug-likeness (QED) is 0.873. The summed E-state index contributed by atoms with van der Waals surface area (Å²) >= 11 is 3.45. The molecule has 0 aliphatic rings. The predicted molar refractivity (Wildman–Crippen MR) is 68.8 cm³/mol. The number of nitrogens with one attached hydrogen (secondary N) is 1. The van der Waals surface area contributed by atoms with Crippen molar-refractivity contribution >= 4 is 21.7 Å². The number of ether oxygens (including phenoxy) is 1. The summed E-state index contributed by atoms with van der Waals surface area (Å²) < 4.78 is 6.38. The van der Waals surface area contributed by atoms with Crippen LogP contribution >= 0.6 is 15.9 Å². The van der Waals surface area contributed by atoms with Gasteiger partial charge in [-0.05, 0) is 28.3 Å². The largest absolute Gasteiger partial charge is 0.476 e. The zero-order valence-corrected chi connectivity index (χ0v) is 11.5. The lowest BCUT2D eigenvalue weighted by Crippen LogP contribution is -2.08. The Balaban J connectivity index is 2.70. The van der Waals surface area contributed by atoms with Gasteiger partial charge in [0.15, 0.2) is 0 Å². The van der Waals surface area contributed by atoms with Crippen LogP contribution in [0.5, 0.6) is 5.88 Å². The summed E-state index contributed by atoms with van der Waals surface area (Å²) in [6.45, 7) is 7.86. The van der Waals surface area contributed by atoms with Crippen LogP contribution in [-0.2, 0) is 0 Å². The molecule has 16 heavy (non-hydrogen) atoms. The molecule has 0 aliphatic carbocycles. The molecule has 1 heterocycles. The van der Waals surface area contributed by atoms with Gasteiger partial charge in [-0.2, -0.15) is 0 Å². The molecule has 0 amide bonds. The van der Waals surface area contributed by atoms with Crippen LogP contribution in [0.25, 0.3) is 0 Å². The molecule has 1 rings (SSSR count). The minimum absolute atomic E-state index is 0.480. The summed E-state index contributed by atoms with van der Waals surface area (Å²) in [6.07, 6.45) is 2.57. The first kappa shape index (κ1) is 13.2. The molecule has 4 nitrogen and oxygen atoms in total. The van der Waals surface area contributed by atoms with Gasteiger partial charge in [-0.3, -0.25) is 0 Å². The summed E-state index contributed by atoms with van der Waals surface area (Å²) in [7, 11) is 0. The lowest BCUT2D eigenvalue weighted by Gasteiger charge is -2.11. The monoisotopic (exact) mass is 287 g/mol. The zero-order valence-electron chi connectivity index (χ0n) is 9.96. The molecule has 0 atom stereocenters. The van der Waals surface area contributed by atoms with Crippen LogP contribution in [0.1, 0.15) is 27.2 Å². The number of halogens is 1. The van der Waals surface area contributed by atoms with Crippen LogP contribution in [0.3, 0.4) is 0 Å². The highest BCUT2D eigenvalue weighted by Crippen LogP contribution is 2.28. The molecule has 0 bridgehead atoms. The van der Waals surface area contributed by atoms with E-state index in [0.717, 1.165) is 23.3 Å². The van der Waals surface area contributed by atoms with Crippen molar-refractivity contribution in [2.24, 2.45) is 5.92 Å². The molecular formula is C11H18BrN3O. The van der Waals surface area contributed by atoms with E-state index in [0.29, 0.717) is 18.4 Å². The molecule has 0 aromatic carbocycles. The highest BCUT2D eigenvalue weighted by atomic mass is 79.9. The Bertz CT molecular complexity index is 331. The average Bonchev–Trinajstić information content (AvgIpc) is 2.26. The van der Waals surface area contributed by atoms with E-state index < -0.39 is 0 Å². The minimum Gasteiger partial charge on any atom is -0.476 e. The van der Waals surface area contributed by atoms with Crippen molar-refractivity contribution in [2.75, 3.05) is 18.5 Å². The van der Waals surface area contributed by atoms with Gasteiger partial charge in [-0.25, -0.2) is 9.97 Å². The van der Waals surface area contributed by atoms with Crippen LogP contribution in [0, 0.1) is 5.92 Å². The van der Waals surface area contributed by atoms with Crippen LogP contribution in [0.4, 0.5) is 5.82 Å². The lowest BCUT2D eigenvalue weighted by atomic mass is 10.2. The molecule has 5 heteroatoms. The van der Waals surface area contributed by atoms with E-state index in [1.807, 2.05) is 0 Å². The van der Waals surface area contributed by atoms with Gasteiger partial charge in [0, 0.05) is 6.54 Å². The molecule has 1 aromatic heterocycles. The number of aromatic nitrogens is 2. The smallest absolute Gasteiger partial charge is 0.233 e. The third kappa shape index (κ3) is 3.96. The van der Waals surface area contributed by atoms with Crippen LogP contribution in [0.2, 0.25) is 0 Å². The zero-order chi connectivity index (χ0) is 12.0. The predicted octanol–water partition coefficient (Wildman–Crippen LogP) is 3.10. The second-order valence-electron chi connectivity index (χ2n) is 3.97. The molecule has 1 aromatic rings. The average molecular weight is 288 g/mol. The Labute approximate surface area is 105 Å². The van der Waals surface area contributed by atoms with Gasteiger partial charge in [-0.1, -0.05) is 20.8 Å². The molecule has 0 saturated heterocycles. The van der Waals surface area contributed by atoms with Crippen molar-refractivity contribution in [1.82, 2.24) is 9.97 Å². The highest BCUT2D eigenvalue weighted by molar-refractivity contribution is 9.10. The summed E-state index contributed by atoms with van der Waals surface area (Å²) in [5.41, 5.74) is 0. The Morgan fingerprint density at radius 1 is 1.44 bits per heavy atom. The number of anilines is 1. The Kier molecular flexibility index (Phi) is 5.52. The normalized spacial score (nSPS) is 10.6. The van der Waals surface area contributed by atoms with E-state index in [1.54, 1.807) is 0 Å². The SMILES string of the molecule is CCCNc1ncnc(OCC(C)C)c1Br. The number of hydrogen-bond acceptors (Lipinski definition) is 4. The molecule has 1 N–H and O–H groups in total. The van der Waals surface area contributed by atoms with Crippen LogP contribution in [0.15, 0.2) is 10.8 Å². The van der Waals surface area contributed by atoms with Gasteiger partial charge in [0.1, 0.15) is 16.6 Å². The topological polar surface area (TPSA) is 47.0 Å². The summed E-state index contributed by atoms with van der Waals surface area (Å²) in [4.78, 5) is 8.25. The summed E-state index contributed by atoms with van der Waals surface area (Å²) in [5.74, 6) is 1.87. The van der Waals surface area contributed by atoms with E-state index >= 15 is 0 Å². The fourth-order valence-electron chi connectivity index (χ4n) is 1.07. The van der Waals surface area contributed by atoms with Crippen molar-refractivity contribution in [2.45, 2.75) is 27.2 Å². The van der Waals surface area contributed by atoms with E-state index in [-0.39, 0.29) is 0 Å². The molecule has 0 unspecified atom stereocenters. The summed E-state index contributed by atoms with van der Waals surface area (Å²) in [6, 6.07) is 0. The van der Waals surface area contributed by atoms with E-state index in [4.69, 9.17) is 4.74 Å². The molecule has 90 valence electrons. The fourth-order valence-corrected chi connectivity index (χ4v) is 1.53. The highest BCUT2D eigenvalue weighted by Gasteiger charge is 2.09. The second-order valence-corrected chi connectivity index (χ2v) is 4.77. The maximum atomic E-state index is 5.58. The molecule has 0 fully saturated rings. The fraction of sp³-hybridized carbons (Fsp3) is 0.636. The van der Waals surface area contributed by atoms with E-state index in [2.05, 4.69) is 52.0 Å². The molecular weight excluding hydrogens is 270 g/mol. The Hall–Kier alpha value is -0.840. The first-order chi connectivity index (χ1) is 7.65. The van der Waals surface area contributed by atoms with Gasteiger partial charge >= 0.3 is 0 Å². The lowest BCUT2D eigenvalue weighted by molar-refractivity contribution is 0.259. The molecule has 0 saturated carbocycles. The van der Waals surface area contributed by atoms with Crippen molar-refractivity contribution in [1.29, 1.82) is 0 Å². The van der Waals surface area contributed by atoms with Crippen molar-refractivity contribution in [3.8, 4) is 5.88 Å².